The number of carbonyl (C=O) groups excluding carboxylic acids is 1. The van der Waals surface area contributed by atoms with Gasteiger partial charge < -0.3 is 5.32 Å². The third-order valence-corrected chi connectivity index (χ3v) is 8.51. The van der Waals surface area contributed by atoms with Crippen LogP contribution in [0.1, 0.15) is 30.7 Å². The Morgan fingerprint density at radius 2 is 2.19 bits per heavy atom. The predicted molar refractivity (Wildman–Crippen MR) is 128 cm³/mol. The minimum Gasteiger partial charge on any atom is -0.325 e. The van der Waals surface area contributed by atoms with Crippen LogP contribution in [0.4, 0.5) is 5.69 Å². The van der Waals surface area contributed by atoms with E-state index in [1.807, 2.05) is 6.92 Å². The molecule has 170 valence electrons. The Hall–Kier alpha value is -2.21. The van der Waals surface area contributed by atoms with Crippen LogP contribution in [0, 0.1) is 5.92 Å². The summed E-state index contributed by atoms with van der Waals surface area (Å²) in [7, 11) is -3.86. The van der Waals surface area contributed by atoms with E-state index < -0.39 is 10.0 Å². The number of aryl methyl sites for hydroxylation is 1. The van der Waals surface area contributed by atoms with Gasteiger partial charge in [-0.05, 0) is 55.9 Å². The summed E-state index contributed by atoms with van der Waals surface area (Å²) < 4.78 is 24.6. The second-order valence-corrected chi connectivity index (χ2v) is 11.5. The number of rotatable bonds is 6. The lowest BCUT2D eigenvalue weighted by Gasteiger charge is -2.17. The van der Waals surface area contributed by atoms with Crippen LogP contribution in [0.25, 0.3) is 10.2 Å². The molecule has 1 aliphatic rings. The molecule has 0 radical (unpaired) electrons. The van der Waals surface area contributed by atoms with E-state index >= 15 is 0 Å². The van der Waals surface area contributed by atoms with Crippen molar-refractivity contribution >= 4 is 54.9 Å². The highest BCUT2D eigenvalue weighted by atomic mass is 32.2. The Labute approximate surface area is 194 Å². The molecular weight excluding hydrogens is 468 g/mol. The number of carbonyl (C=O) groups is 1. The maximum Gasteiger partial charge on any atom is 0.263 e. The van der Waals surface area contributed by atoms with Crippen molar-refractivity contribution in [3.63, 3.8) is 0 Å². The normalized spacial score (nSPS) is 16.2. The lowest BCUT2D eigenvalue weighted by atomic mass is 9.89. The Morgan fingerprint density at radius 3 is 2.91 bits per heavy atom. The number of hydrogen-bond acceptors (Lipinski definition) is 7. The van der Waals surface area contributed by atoms with E-state index in [9.17, 15) is 18.0 Å². The predicted octanol–water partition coefficient (Wildman–Crippen LogP) is 2.98. The number of sulfonamides is 1. The number of amides is 1. The monoisotopic (exact) mass is 492 g/mol. The summed E-state index contributed by atoms with van der Waals surface area (Å²) in [6.45, 7) is 4.57. The van der Waals surface area contributed by atoms with E-state index in [0.29, 0.717) is 23.3 Å². The van der Waals surface area contributed by atoms with Crippen molar-refractivity contribution in [3.8, 4) is 0 Å². The summed E-state index contributed by atoms with van der Waals surface area (Å²) in [6, 6.07) is 5.76. The van der Waals surface area contributed by atoms with Gasteiger partial charge in [-0.15, -0.1) is 11.3 Å². The first-order valence-electron chi connectivity index (χ1n) is 10.3. The molecule has 3 N–H and O–H groups in total. The number of nitrogens with zero attached hydrogens (tertiary/aromatic N) is 2. The Bertz CT molecular complexity index is 1360. The first-order valence-corrected chi connectivity index (χ1v) is 13.6. The summed E-state index contributed by atoms with van der Waals surface area (Å²) in [4.78, 5) is 32.3. The van der Waals surface area contributed by atoms with Gasteiger partial charge in [0.05, 0.1) is 16.0 Å². The highest BCUT2D eigenvalue weighted by Crippen LogP contribution is 2.36. The van der Waals surface area contributed by atoms with Crippen molar-refractivity contribution in [3.05, 3.63) is 45.1 Å². The van der Waals surface area contributed by atoms with E-state index in [0.717, 1.165) is 35.0 Å². The molecule has 2 heterocycles. The van der Waals surface area contributed by atoms with Gasteiger partial charge in [0.2, 0.25) is 15.9 Å². The molecule has 1 aromatic carbocycles. The van der Waals surface area contributed by atoms with Crippen molar-refractivity contribution in [1.29, 1.82) is 0 Å². The number of thiophene rings is 1. The summed E-state index contributed by atoms with van der Waals surface area (Å²) >= 11 is 2.77. The maximum absolute atomic E-state index is 13.2. The fraction of sp³-hybridized carbons (Fsp3) is 0.381. The summed E-state index contributed by atoms with van der Waals surface area (Å²) in [6.07, 6.45) is 2.96. The number of benzene rings is 1. The van der Waals surface area contributed by atoms with Gasteiger partial charge in [-0.3, -0.25) is 14.2 Å². The molecule has 1 unspecified atom stereocenters. The number of primary sulfonamides is 1. The number of aromatic nitrogens is 2. The smallest absolute Gasteiger partial charge is 0.263 e. The topological polar surface area (TPSA) is 124 Å². The van der Waals surface area contributed by atoms with Crippen molar-refractivity contribution in [2.45, 2.75) is 49.7 Å². The van der Waals surface area contributed by atoms with Crippen LogP contribution in [-0.2, 0) is 34.2 Å². The molecule has 11 heteroatoms. The average Bonchev–Trinajstić information content (AvgIpc) is 3.09. The van der Waals surface area contributed by atoms with Crippen LogP contribution in [0.3, 0.4) is 0 Å². The molecule has 1 amide bonds. The van der Waals surface area contributed by atoms with Crippen molar-refractivity contribution in [2.24, 2.45) is 11.1 Å². The molecule has 8 nitrogen and oxygen atoms in total. The van der Waals surface area contributed by atoms with E-state index in [1.54, 1.807) is 22.0 Å². The fourth-order valence-electron chi connectivity index (χ4n) is 3.87. The third-order valence-electron chi connectivity index (χ3n) is 5.48. The van der Waals surface area contributed by atoms with E-state index in [1.165, 1.54) is 34.8 Å². The van der Waals surface area contributed by atoms with Crippen molar-refractivity contribution in [2.75, 3.05) is 11.1 Å². The molecule has 2 aromatic heterocycles. The van der Waals surface area contributed by atoms with Gasteiger partial charge >= 0.3 is 0 Å². The van der Waals surface area contributed by atoms with Gasteiger partial charge in [0.25, 0.3) is 5.56 Å². The highest BCUT2D eigenvalue weighted by molar-refractivity contribution is 7.99. The first-order chi connectivity index (χ1) is 15.2. The van der Waals surface area contributed by atoms with Gasteiger partial charge in [0, 0.05) is 17.1 Å². The van der Waals surface area contributed by atoms with Crippen LogP contribution in [-0.4, -0.2) is 29.6 Å². The Kier molecular flexibility index (Phi) is 6.44. The van der Waals surface area contributed by atoms with Crippen molar-refractivity contribution in [1.82, 2.24) is 9.55 Å². The van der Waals surface area contributed by atoms with Crippen LogP contribution in [0.5, 0.6) is 0 Å². The molecule has 0 fully saturated rings. The second kappa shape index (κ2) is 8.97. The van der Waals surface area contributed by atoms with Crippen molar-refractivity contribution < 1.29 is 13.2 Å². The zero-order valence-electron chi connectivity index (χ0n) is 17.8. The first kappa shape index (κ1) is 23.0. The van der Waals surface area contributed by atoms with Gasteiger partial charge in [0.1, 0.15) is 4.83 Å². The lowest BCUT2D eigenvalue weighted by Crippen LogP contribution is -2.24. The molecule has 0 bridgehead atoms. The number of nitrogens with two attached hydrogens (primary N) is 1. The van der Waals surface area contributed by atoms with Gasteiger partial charge in [-0.1, -0.05) is 24.8 Å². The standard InChI is InChI=1S/C21H24N4O4S3/c1-3-25-20(27)18-15-8-7-12(2)9-16(15)31-19(18)24-21(25)30-11-17(26)23-13-5-4-6-14(10-13)32(22,28)29/h4-6,10,12H,3,7-9,11H2,1-2H3,(H,23,26)(H2,22,28,29). The summed E-state index contributed by atoms with van der Waals surface area (Å²) in [5.41, 5.74) is 1.43. The fourth-order valence-corrected chi connectivity index (χ4v) is 6.72. The third kappa shape index (κ3) is 4.61. The number of anilines is 1. The molecule has 0 spiro atoms. The SMILES string of the molecule is CCn1c(SCC(=O)Nc2cccc(S(N)(=O)=O)c2)nc2sc3c(c2c1=O)CCC(C)C3. The molecule has 0 aliphatic heterocycles. The second-order valence-electron chi connectivity index (χ2n) is 7.89. The molecule has 3 aromatic rings. The summed E-state index contributed by atoms with van der Waals surface area (Å²) in [5, 5.41) is 9.04. The minimum absolute atomic E-state index is 0.0275. The molecule has 0 saturated carbocycles. The van der Waals surface area contributed by atoms with E-state index in [4.69, 9.17) is 10.1 Å². The zero-order chi connectivity index (χ0) is 23.0. The Morgan fingerprint density at radius 1 is 1.41 bits per heavy atom. The van der Waals surface area contributed by atoms with E-state index in [-0.39, 0.29) is 22.1 Å². The van der Waals surface area contributed by atoms with Gasteiger partial charge in [0.15, 0.2) is 5.16 Å². The molecule has 1 aliphatic carbocycles. The molecule has 1 atom stereocenters. The molecule has 4 rings (SSSR count). The molecule has 32 heavy (non-hydrogen) atoms. The lowest BCUT2D eigenvalue weighted by molar-refractivity contribution is -0.113. The summed E-state index contributed by atoms with van der Waals surface area (Å²) in [5.74, 6) is 0.298. The molecule has 0 saturated heterocycles. The highest BCUT2D eigenvalue weighted by Gasteiger charge is 2.24. The van der Waals surface area contributed by atoms with Crippen LogP contribution in [0.2, 0.25) is 0 Å². The Balaban J connectivity index is 1.55. The number of fused-ring (bicyclic) bond motifs is 3. The average molecular weight is 493 g/mol. The number of hydrogen-bond donors (Lipinski definition) is 2. The number of thioether (sulfide) groups is 1. The van der Waals surface area contributed by atoms with Crippen LogP contribution < -0.4 is 16.0 Å². The molecular formula is C21H24N4O4S3. The zero-order valence-corrected chi connectivity index (χ0v) is 20.2. The maximum atomic E-state index is 13.2. The van der Waals surface area contributed by atoms with Gasteiger partial charge in [-0.2, -0.15) is 0 Å². The quantitative estimate of drug-likeness (QED) is 0.403. The largest absolute Gasteiger partial charge is 0.325 e. The van der Waals surface area contributed by atoms with Gasteiger partial charge in [-0.25, -0.2) is 18.5 Å². The van der Waals surface area contributed by atoms with E-state index in [2.05, 4.69) is 12.2 Å². The van der Waals surface area contributed by atoms with Crippen LogP contribution >= 0.6 is 23.1 Å². The van der Waals surface area contributed by atoms with Crippen LogP contribution in [0.15, 0.2) is 39.1 Å². The number of nitrogens with one attached hydrogen (secondary N) is 1. The minimum atomic E-state index is -3.86.